The minimum atomic E-state index is -0.348. The van der Waals surface area contributed by atoms with E-state index in [1.165, 1.54) is 6.92 Å². The van der Waals surface area contributed by atoms with E-state index in [2.05, 4.69) is 15.6 Å². The molecule has 0 aliphatic heterocycles. The Balaban J connectivity index is 1.70. The summed E-state index contributed by atoms with van der Waals surface area (Å²) in [7, 11) is 1.60. The molecule has 1 aromatic heterocycles. The Morgan fingerprint density at radius 2 is 1.78 bits per heavy atom. The van der Waals surface area contributed by atoms with Gasteiger partial charge in [-0.2, -0.15) is 0 Å². The Labute approximate surface area is 157 Å². The zero-order valence-corrected chi connectivity index (χ0v) is 15.0. The summed E-state index contributed by atoms with van der Waals surface area (Å²) in [6.07, 6.45) is 1.58. The molecular formula is C21H19N3O3. The second-order valence-corrected chi connectivity index (χ2v) is 5.85. The quantitative estimate of drug-likeness (QED) is 0.640. The molecule has 3 rings (SSSR count). The van der Waals surface area contributed by atoms with E-state index in [1.807, 2.05) is 24.3 Å². The number of nitrogens with zero attached hydrogens (tertiary/aromatic N) is 1. The Bertz CT molecular complexity index is 968. The van der Waals surface area contributed by atoms with Crippen LogP contribution in [-0.2, 0) is 0 Å². The maximum absolute atomic E-state index is 12.4. The van der Waals surface area contributed by atoms with Crippen LogP contribution in [0.4, 0.5) is 17.1 Å². The number of benzene rings is 2. The van der Waals surface area contributed by atoms with Gasteiger partial charge < -0.3 is 15.4 Å². The van der Waals surface area contributed by atoms with Crippen molar-refractivity contribution in [1.82, 2.24) is 4.98 Å². The summed E-state index contributed by atoms with van der Waals surface area (Å²) in [5.41, 5.74) is 2.89. The van der Waals surface area contributed by atoms with Gasteiger partial charge in [-0.1, -0.05) is 24.3 Å². The molecule has 2 aromatic carbocycles. The number of nitrogens with one attached hydrogen (secondary N) is 2. The molecule has 6 heteroatoms. The highest BCUT2D eigenvalue weighted by Gasteiger charge is 2.09. The normalized spacial score (nSPS) is 10.1. The first-order valence-electron chi connectivity index (χ1n) is 8.35. The van der Waals surface area contributed by atoms with Crippen molar-refractivity contribution in [2.24, 2.45) is 0 Å². The molecule has 0 aliphatic rings. The van der Waals surface area contributed by atoms with Gasteiger partial charge in [0, 0.05) is 11.3 Å². The molecule has 27 heavy (non-hydrogen) atoms. The second-order valence-electron chi connectivity index (χ2n) is 5.85. The summed E-state index contributed by atoms with van der Waals surface area (Å²) in [6, 6.07) is 17.7. The summed E-state index contributed by atoms with van der Waals surface area (Å²) in [6.45, 7) is 1.48. The van der Waals surface area contributed by atoms with Crippen LogP contribution in [0, 0.1) is 0 Å². The first-order chi connectivity index (χ1) is 13.1. The molecule has 0 spiro atoms. The molecule has 6 nitrogen and oxygen atoms in total. The average Bonchev–Trinajstić information content (AvgIpc) is 2.69. The van der Waals surface area contributed by atoms with Crippen molar-refractivity contribution in [3.63, 3.8) is 0 Å². The van der Waals surface area contributed by atoms with Gasteiger partial charge in [0.1, 0.15) is 11.4 Å². The van der Waals surface area contributed by atoms with Crippen LogP contribution in [0.25, 0.3) is 0 Å². The number of ether oxygens (including phenoxy) is 1. The standard InChI is InChI=1S/C21H19N3O3/c1-14(25)15-6-5-7-16(12-15)24-21(26)19-11-10-17(13-22-19)23-18-8-3-4-9-20(18)27-2/h3-13,23H,1-2H3,(H,24,26). The highest BCUT2D eigenvalue weighted by atomic mass is 16.5. The fraction of sp³-hybridized carbons (Fsp3) is 0.0952. The fourth-order valence-electron chi connectivity index (χ4n) is 2.52. The van der Waals surface area contributed by atoms with Crippen molar-refractivity contribution >= 4 is 28.8 Å². The number of hydrogen-bond acceptors (Lipinski definition) is 5. The minimum Gasteiger partial charge on any atom is -0.495 e. The van der Waals surface area contributed by atoms with Gasteiger partial charge in [0.15, 0.2) is 5.78 Å². The summed E-state index contributed by atoms with van der Waals surface area (Å²) in [5, 5.41) is 5.95. The van der Waals surface area contributed by atoms with E-state index in [4.69, 9.17) is 4.74 Å². The summed E-state index contributed by atoms with van der Waals surface area (Å²) in [4.78, 5) is 28.0. The zero-order chi connectivity index (χ0) is 19.2. The number of amides is 1. The van der Waals surface area contributed by atoms with E-state index in [0.717, 1.165) is 11.4 Å². The van der Waals surface area contributed by atoms with E-state index < -0.39 is 0 Å². The van der Waals surface area contributed by atoms with Gasteiger partial charge in [0.25, 0.3) is 5.91 Å². The third kappa shape index (κ3) is 4.49. The fourth-order valence-corrected chi connectivity index (χ4v) is 2.52. The highest BCUT2D eigenvalue weighted by Crippen LogP contribution is 2.26. The Kier molecular flexibility index (Phi) is 5.47. The lowest BCUT2D eigenvalue weighted by atomic mass is 10.1. The number of methoxy groups -OCH3 is 1. The molecule has 1 amide bonds. The van der Waals surface area contributed by atoms with E-state index in [1.54, 1.807) is 49.7 Å². The number of Topliss-reactive ketones (excluding diaryl/α,β-unsaturated/α-hetero) is 1. The first kappa shape index (κ1) is 18.1. The number of ketones is 1. The van der Waals surface area contributed by atoms with Crippen LogP contribution in [-0.4, -0.2) is 23.8 Å². The predicted molar refractivity (Wildman–Crippen MR) is 105 cm³/mol. The molecule has 0 aliphatic carbocycles. The Morgan fingerprint density at radius 3 is 2.48 bits per heavy atom. The van der Waals surface area contributed by atoms with Crippen molar-refractivity contribution in [2.75, 3.05) is 17.7 Å². The van der Waals surface area contributed by atoms with Crippen LogP contribution in [0.5, 0.6) is 5.75 Å². The van der Waals surface area contributed by atoms with E-state index in [0.29, 0.717) is 17.0 Å². The molecule has 0 saturated heterocycles. The van der Waals surface area contributed by atoms with Gasteiger partial charge in [-0.05, 0) is 43.3 Å². The molecule has 0 atom stereocenters. The van der Waals surface area contributed by atoms with Crippen molar-refractivity contribution in [3.8, 4) is 5.75 Å². The maximum Gasteiger partial charge on any atom is 0.274 e. The van der Waals surface area contributed by atoms with Gasteiger partial charge in [-0.3, -0.25) is 9.59 Å². The van der Waals surface area contributed by atoms with Crippen LogP contribution < -0.4 is 15.4 Å². The summed E-state index contributed by atoms with van der Waals surface area (Å²) in [5.74, 6) is 0.306. The van der Waals surface area contributed by atoms with Gasteiger partial charge in [0.05, 0.1) is 24.7 Å². The molecule has 0 radical (unpaired) electrons. The predicted octanol–water partition coefficient (Wildman–Crippen LogP) is 4.29. The topological polar surface area (TPSA) is 80.3 Å². The molecule has 1 heterocycles. The van der Waals surface area contributed by atoms with Crippen LogP contribution in [0.2, 0.25) is 0 Å². The van der Waals surface area contributed by atoms with Crippen LogP contribution in [0.3, 0.4) is 0 Å². The van der Waals surface area contributed by atoms with E-state index in [-0.39, 0.29) is 17.4 Å². The summed E-state index contributed by atoms with van der Waals surface area (Å²) >= 11 is 0. The molecule has 0 fully saturated rings. The van der Waals surface area contributed by atoms with E-state index >= 15 is 0 Å². The lowest BCUT2D eigenvalue weighted by Gasteiger charge is -2.11. The molecule has 2 N–H and O–H groups in total. The molecule has 0 saturated carbocycles. The molecular weight excluding hydrogens is 342 g/mol. The largest absolute Gasteiger partial charge is 0.495 e. The number of para-hydroxylation sites is 2. The number of pyridine rings is 1. The number of anilines is 3. The number of hydrogen-bond donors (Lipinski definition) is 2. The van der Waals surface area contributed by atoms with Gasteiger partial charge in [-0.15, -0.1) is 0 Å². The molecule has 3 aromatic rings. The second kappa shape index (κ2) is 8.14. The van der Waals surface area contributed by atoms with Gasteiger partial charge >= 0.3 is 0 Å². The highest BCUT2D eigenvalue weighted by molar-refractivity contribution is 6.04. The average molecular weight is 361 g/mol. The van der Waals surface area contributed by atoms with Crippen molar-refractivity contribution in [3.05, 3.63) is 78.1 Å². The third-order valence-corrected chi connectivity index (χ3v) is 3.91. The lowest BCUT2D eigenvalue weighted by Crippen LogP contribution is -2.14. The zero-order valence-electron chi connectivity index (χ0n) is 15.0. The first-order valence-corrected chi connectivity index (χ1v) is 8.35. The number of carbonyl (C=O) groups excluding carboxylic acids is 2. The van der Waals surface area contributed by atoms with Crippen molar-refractivity contribution < 1.29 is 14.3 Å². The third-order valence-electron chi connectivity index (χ3n) is 3.91. The molecule has 0 unspecified atom stereocenters. The van der Waals surface area contributed by atoms with Crippen molar-refractivity contribution in [2.45, 2.75) is 6.92 Å². The maximum atomic E-state index is 12.4. The van der Waals surface area contributed by atoms with Crippen LogP contribution in [0.15, 0.2) is 66.9 Å². The van der Waals surface area contributed by atoms with Gasteiger partial charge in [0.2, 0.25) is 0 Å². The summed E-state index contributed by atoms with van der Waals surface area (Å²) < 4.78 is 5.30. The van der Waals surface area contributed by atoms with Gasteiger partial charge in [-0.25, -0.2) is 4.98 Å². The lowest BCUT2D eigenvalue weighted by molar-refractivity contribution is 0.100. The van der Waals surface area contributed by atoms with E-state index in [9.17, 15) is 9.59 Å². The molecule has 0 bridgehead atoms. The Hall–Kier alpha value is -3.67. The SMILES string of the molecule is COc1ccccc1Nc1ccc(C(=O)Nc2cccc(C(C)=O)c2)nc1. The van der Waals surface area contributed by atoms with Crippen LogP contribution in [0.1, 0.15) is 27.8 Å². The van der Waals surface area contributed by atoms with Crippen molar-refractivity contribution in [1.29, 1.82) is 0 Å². The molecule has 136 valence electrons. The monoisotopic (exact) mass is 361 g/mol. The number of aromatic nitrogens is 1. The van der Waals surface area contributed by atoms with Crippen LogP contribution >= 0.6 is 0 Å². The number of rotatable bonds is 6. The Morgan fingerprint density at radius 1 is 0.963 bits per heavy atom. The smallest absolute Gasteiger partial charge is 0.274 e. The number of carbonyl (C=O) groups is 2. The minimum absolute atomic E-state index is 0.0593.